The van der Waals surface area contributed by atoms with Gasteiger partial charge in [-0.05, 0) is 38.1 Å². The topological polar surface area (TPSA) is 106 Å². The molecule has 0 fully saturated rings. The van der Waals surface area contributed by atoms with Crippen LogP contribution in [0.25, 0.3) is 11.4 Å². The molecule has 0 aliphatic carbocycles. The van der Waals surface area contributed by atoms with Gasteiger partial charge in [0.1, 0.15) is 17.3 Å². The van der Waals surface area contributed by atoms with Crippen LogP contribution in [-0.4, -0.2) is 26.9 Å². The summed E-state index contributed by atoms with van der Waals surface area (Å²) in [7, 11) is 0. The molecule has 0 bridgehead atoms. The van der Waals surface area contributed by atoms with Crippen molar-refractivity contribution in [3.05, 3.63) is 59.9 Å². The summed E-state index contributed by atoms with van der Waals surface area (Å²) < 4.78 is 38.8. The van der Waals surface area contributed by atoms with Crippen molar-refractivity contribution in [1.82, 2.24) is 15.0 Å². The second kappa shape index (κ2) is 8.36. The smallest absolute Gasteiger partial charge is 0.368 e. The summed E-state index contributed by atoms with van der Waals surface area (Å²) in [5.41, 5.74) is 5.31. The molecule has 2 aromatic heterocycles. The molecule has 3 rings (SSSR count). The zero-order valence-corrected chi connectivity index (χ0v) is 16.2. The number of halogens is 3. The molecular weight excluding hydrogens is 397 g/mol. The number of hydrogen-bond donors (Lipinski definition) is 3. The zero-order valence-electron chi connectivity index (χ0n) is 16.2. The molecule has 30 heavy (non-hydrogen) atoms. The Balaban J connectivity index is 2.02. The Bertz CT molecular complexity index is 1070. The predicted molar refractivity (Wildman–Crippen MR) is 107 cm³/mol. The number of pyridine rings is 1. The molecule has 2 heterocycles. The van der Waals surface area contributed by atoms with Crippen LogP contribution >= 0.6 is 0 Å². The summed E-state index contributed by atoms with van der Waals surface area (Å²) in [6.07, 6.45) is -3.50. The van der Waals surface area contributed by atoms with Gasteiger partial charge in [-0.15, -0.1) is 0 Å². The minimum atomic E-state index is -4.56. The fraction of sp³-hybridized carbons (Fsp3) is 0.200. The second-order valence-electron chi connectivity index (χ2n) is 6.76. The number of amides is 1. The number of aromatic nitrogens is 3. The van der Waals surface area contributed by atoms with E-state index in [-0.39, 0.29) is 28.9 Å². The van der Waals surface area contributed by atoms with Crippen LogP contribution in [0.15, 0.2) is 48.7 Å². The third-order valence-electron chi connectivity index (χ3n) is 3.89. The Hall–Kier alpha value is -3.69. The highest BCUT2D eigenvalue weighted by atomic mass is 19.4. The quantitative estimate of drug-likeness (QED) is 0.556. The third kappa shape index (κ3) is 5.22. The van der Waals surface area contributed by atoms with Crippen molar-refractivity contribution >= 4 is 23.2 Å². The highest BCUT2D eigenvalue weighted by molar-refractivity contribution is 5.93. The number of anilines is 3. The molecule has 0 saturated heterocycles. The normalized spacial score (nSPS) is 11.4. The molecule has 0 saturated carbocycles. The van der Waals surface area contributed by atoms with Crippen molar-refractivity contribution in [3.63, 3.8) is 0 Å². The lowest BCUT2D eigenvalue weighted by Gasteiger charge is -2.14. The molecule has 10 heteroatoms. The minimum Gasteiger partial charge on any atom is -0.368 e. The summed E-state index contributed by atoms with van der Waals surface area (Å²) in [4.78, 5) is 23.6. The molecule has 0 spiro atoms. The molecule has 0 aliphatic heterocycles. The Morgan fingerprint density at radius 2 is 1.80 bits per heavy atom. The van der Waals surface area contributed by atoms with Gasteiger partial charge in [0.05, 0.1) is 0 Å². The van der Waals surface area contributed by atoms with Crippen LogP contribution in [0.2, 0.25) is 0 Å². The number of benzene rings is 1. The van der Waals surface area contributed by atoms with E-state index in [2.05, 4.69) is 25.6 Å². The lowest BCUT2D eigenvalue weighted by Crippen LogP contribution is -2.13. The summed E-state index contributed by atoms with van der Waals surface area (Å²) in [6, 6.07) is 10.4. The van der Waals surface area contributed by atoms with Gasteiger partial charge in [-0.25, -0.2) is 9.97 Å². The minimum absolute atomic E-state index is 0.0512. The maximum atomic E-state index is 12.9. The lowest BCUT2D eigenvalue weighted by atomic mass is 10.1. The van der Waals surface area contributed by atoms with Crippen molar-refractivity contribution in [2.24, 2.45) is 5.73 Å². The maximum absolute atomic E-state index is 12.9. The number of primary amides is 1. The average Bonchev–Trinajstić information content (AvgIpc) is 2.67. The Labute approximate surface area is 170 Å². The number of alkyl halides is 3. The maximum Gasteiger partial charge on any atom is 0.433 e. The van der Waals surface area contributed by atoms with Gasteiger partial charge in [0.25, 0.3) is 0 Å². The van der Waals surface area contributed by atoms with Gasteiger partial charge in [-0.1, -0.05) is 12.1 Å². The average molecular weight is 416 g/mol. The number of rotatable bonds is 6. The van der Waals surface area contributed by atoms with Crippen LogP contribution in [0.5, 0.6) is 0 Å². The zero-order chi connectivity index (χ0) is 21.9. The van der Waals surface area contributed by atoms with Crippen LogP contribution in [0.4, 0.5) is 30.5 Å². The van der Waals surface area contributed by atoms with Crippen molar-refractivity contribution < 1.29 is 18.0 Å². The highest BCUT2D eigenvalue weighted by Crippen LogP contribution is 2.30. The number of hydrogen-bond acceptors (Lipinski definition) is 6. The Morgan fingerprint density at radius 3 is 2.47 bits per heavy atom. The largest absolute Gasteiger partial charge is 0.433 e. The second-order valence-corrected chi connectivity index (χ2v) is 6.76. The van der Waals surface area contributed by atoms with Crippen LogP contribution in [0.1, 0.15) is 29.9 Å². The molecule has 7 nitrogen and oxygen atoms in total. The summed E-state index contributed by atoms with van der Waals surface area (Å²) >= 11 is 0. The first-order valence-corrected chi connectivity index (χ1v) is 8.98. The molecule has 0 atom stereocenters. The van der Waals surface area contributed by atoms with Crippen molar-refractivity contribution in [1.29, 1.82) is 0 Å². The number of nitrogens with zero attached hydrogens (tertiary/aromatic N) is 3. The fourth-order valence-electron chi connectivity index (χ4n) is 2.63. The molecular formula is C20H19F3N6O. The van der Waals surface area contributed by atoms with Crippen LogP contribution in [-0.2, 0) is 6.18 Å². The van der Waals surface area contributed by atoms with E-state index < -0.39 is 17.8 Å². The van der Waals surface area contributed by atoms with Gasteiger partial charge in [0.15, 0.2) is 5.82 Å². The summed E-state index contributed by atoms with van der Waals surface area (Å²) in [5.74, 6) is 0.415. The number of nitrogens with two attached hydrogens (primary N) is 1. The third-order valence-corrected chi connectivity index (χ3v) is 3.89. The van der Waals surface area contributed by atoms with Crippen molar-refractivity contribution in [2.75, 3.05) is 10.6 Å². The SMILES string of the molecule is CC(C)Nc1cc(Nc2ccnc(C(F)(F)F)c2)nc(-c2cccc(C(N)=O)c2)n1. The van der Waals surface area contributed by atoms with Gasteiger partial charge in [0.2, 0.25) is 5.91 Å². The number of carbonyl (C=O) groups is 1. The molecule has 1 amide bonds. The molecule has 1 aromatic carbocycles. The Morgan fingerprint density at radius 1 is 1.07 bits per heavy atom. The van der Waals surface area contributed by atoms with Gasteiger partial charge in [-0.2, -0.15) is 13.2 Å². The summed E-state index contributed by atoms with van der Waals surface area (Å²) in [5, 5.41) is 5.99. The predicted octanol–water partition coefficient (Wildman–Crippen LogP) is 4.22. The van der Waals surface area contributed by atoms with E-state index in [9.17, 15) is 18.0 Å². The number of nitrogens with one attached hydrogen (secondary N) is 2. The fourth-order valence-corrected chi connectivity index (χ4v) is 2.63. The number of carbonyl (C=O) groups excluding carboxylic acids is 1. The monoisotopic (exact) mass is 416 g/mol. The van der Waals surface area contributed by atoms with E-state index in [1.165, 1.54) is 6.07 Å². The van der Waals surface area contributed by atoms with E-state index in [0.717, 1.165) is 12.3 Å². The molecule has 156 valence electrons. The van der Waals surface area contributed by atoms with E-state index in [1.54, 1.807) is 30.3 Å². The highest BCUT2D eigenvalue weighted by Gasteiger charge is 2.32. The molecule has 3 aromatic rings. The van der Waals surface area contributed by atoms with E-state index >= 15 is 0 Å². The molecule has 0 radical (unpaired) electrons. The molecule has 0 aliphatic rings. The van der Waals surface area contributed by atoms with Gasteiger partial charge in [-0.3, -0.25) is 9.78 Å². The van der Waals surface area contributed by atoms with Crippen LogP contribution in [0, 0.1) is 0 Å². The first-order chi connectivity index (χ1) is 14.1. The van der Waals surface area contributed by atoms with Crippen molar-refractivity contribution in [2.45, 2.75) is 26.1 Å². The standard InChI is InChI=1S/C20H19F3N6O/c1-11(2)26-16-10-17(27-14-6-7-25-15(9-14)20(21,22)23)29-19(28-16)13-5-3-4-12(8-13)18(24)30/h3-11H,1-2H3,(H2,24,30)(H2,25,26,27,28,29). The first kappa shape index (κ1) is 21.0. The van der Waals surface area contributed by atoms with Gasteiger partial charge >= 0.3 is 6.18 Å². The summed E-state index contributed by atoms with van der Waals surface area (Å²) in [6.45, 7) is 3.84. The van der Waals surface area contributed by atoms with E-state index in [0.29, 0.717) is 11.4 Å². The van der Waals surface area contributed by atoms with Gasteiger partial charge in [0, 0.05) is 35.1 Å². The lowest BCUT2D eigenvalue weighted by molar-refractivity contribution is -0.141. The van der Waals surface area contributed by atoms with Gasteiger partial charge < -0.3 is 16.4 Å². The van der Waals surface area contributed by atoms with E-state index in [1.807, 2.05) is 13.8 Å². The van der Waals surface area contributed by atoms with E-state index in [4.69, 9.17) is 5.73 Å². The molecule has 0 unspecified atom stereocenters. The first-order valence-electron chi connectivity index (χ1n) is 8.98. The molecule has 4 N–H and O–H groups in total. The van der Waals surface area contributed by atoms with Crippen molar-refractivity contribution in [3.8, 4) is 11.4 Å². The van der Waals surface area contributed by atoms with Crippen LogP contribution in [0.3, 0.4) is 0 Å². The Kier molecular flexibility index (Phi) is 5.86. The van der Waals surface area contributed by atoms with Crippen LogP contribution < -0.4 is 16.4 Å².